The molecule has 0 unspecified atom stereocenters. The van der Waals surface area contributed by atoms with Crippen LogP contribution in [-0.4, -0.2) is 11.6 Å². The van der Waals surface area contributed by atoms with Gasteiger partial charge in [0.2, 0.25) is 0 Å². The highest BCUT2D eigenvalue weighted by Gasteiger charge is 2.13. The maximum atomic E-state index is 5.46. The van der Waals surface area contributed by atoms with Gasteiger partial charge in [0.25, 0.3) is 0 Å². The largest absolute Gasteiger partial charge is 0.484 e. The Balaban J connectivity index is 2.48. The van der Waals surface area contributed by atoms with Gasteiger partial charge in [-0.3, -0.25) is 0 Å². The number of hydrogen-bond donors (Lipinski definition) is 1. The monoisotopic (exact) mass is 179 g/mol. The minimum Gasteiger partial charge on any atom is -0.484 e. The van der Waals surface area contributed by atoms with Gasteiger partial charge in [0.1, 0.15) is 17.3 Å². The highest BCUT2D eigenvalue weighted by molar-refractivity contribution is 7.80. The van der Waals surface area contributed by atoms with Crippen LogP contribution in [0.4, 0.5) is 5.69 Å². The fraction of sp³-hybridized carbons (Fsp3) is 0.222. The van der Waals surface area contributed by atoms with Gasteiger partial charge in [-0.1, -0.05) is 24.4 Å². The lowest BCUT2D eigenvalue weighted by Gasteiger charge is -2.20. The third-order valence-electron chi connectivity index (χ3n) is 1.83. The van der Waals surface area contributed by atoms with Crippen LogP contribution in [0, 0.1) is 6.92 Å². The van der Waals surface area contributed by atoms with E-state index in [2.05, 4.69) is 5.32 Å². The van der Waals surface area contributed by atoms with Crippen molar-refractivity contribution in [3.05, 3.63) is 23.8 Å². The van der Waals surface area contributed by atoms with Gasteiger partial charge in [-0.15, -0.1) is 0 Å². The molecular formula is C9H9NOS. The maximum absolute atomic E-state index is 5.46. The van der Waals surface area contributed by atoms with E-state index < -0.39 is 0 Å². The lowest BCUT2D eigenvalue weighted by Crippen LogP contribution is -2.23. The van der Waals surface area contributed by atoms with Gasteiger partial charge < -0.3 is 10.1 Å². The predicted octanol–water partition coefficient (Wildman–Crippen LogP) is 2.13. The van der Waals surface area contributed by atoms with Crippen LogP contribution in [0.5, 0.6) is 5.75 Å². The zero-order chi connectivity index (χ0) is 8.55. The molecule has 1 aliphatic heterocycles. The minimum absolute atomic E-state index is 0.493. The van der Waals surface area contributed by atoms with Crippen molar-refractivity contribution in [3.63, 3.8) is 0 Å². The first-order valence-electron chi connectivity index (χ1n) is 3.79. The number of hydrogen-bond acceptors (Lipinski definition) is 2. The number of fused-ring (bicyclic) bond motifs is 1. The van der Waals surface area contributed by atoms with Crippen LogP contribution < -0.4 is 10.1 Å². The van der Waals surface area contributed by atoms with Crippen LogP contribution in [0.15, 0.2) is 18.2 Å². The topological polar surface area (TPSA) is 21.3 Å². The van der Waals surface area contributed by atoms with E-state index in [1.807, 2.05) is 25.1 Å². The van der Waals surface area contributed by atoms with E-state index in [0.717, 1.165) is 22.0 Å². The first kappa shape index (κ1) is 7.55. The molecular weight excluding hydrogens is 170 g/mol. The van der Waals surface area contributed by atoms with Gasteiger partial charge in [-0.05, 0) is 18.6 Å². The maximum Gasteiger partial charge on any atom is 0.146 e. The zero-order valence-corrected chi connectivity index (χ0v) is 7.57. The number of anilines is 1. The number of aryl methyl sites for hydroxylation is 1. The quantitative estimate of drug-likeness (QED) is 0.616. The Morgan fingerprint density at radius 3 is 3.17 bits per heavy atom. The third-order valence-corrected chi connectivity index (χ3v) is 2.05. The van der Waals surface area contributed by atoms with Crippen molar-refractivity contribution in [2.45, 2.75) is 6.92 Å². The highest BCUT2D eigenvalue weighted by atomic mass is 32.1. The molecule has 0 radical (unpaired) electrons. The van der Waals surface area contributed by atoms with Crippen LogP contribution in [0.2, 0.25) is 0 Å². The lowest BCUT2D eigenvalue weighted by molar-refractivity contribution is 0.372. The molecule has 3 heteroatoms. The van der Waals surface area contributed by atoms with Gasteiger partial charge in [0.05, 0.1) is 5.69 Å². The molecule has 12 heavy (non-hydrogen) atoms. The van der Waals surface area contributed by atoms with Crippen molar-refractivity contribution in [1.82, 2.24) is 0 Å². The second kappa shape index (κ2) is 2.75. The highest BCUT2D eigenvalue weighted by Crippen LogP contribution is 2.30. The van der Waals surface area contributed by atoms with Crippen molar-refractivity contribution in [2.24, 2.45) is 0 Å². The molecule has 0 saturated heterocycles. The number of nitrogens with one attached hydrogen (secondary N) is 1. The summed E-state index contributed by atoms with van der Waals surface area (Å²) in [7, 11) is 0. The molecule has 62 valence electrons. The Hall–Kier alpha value is -1.09. The Morgan fingerprint density at radius 1 is 1.50 bits per heavy atom. The molecule has 0 fully saturated rings. The van der Waals surface area contributed by atoms with Crippen LogP contribution >= 0.6 is 12.2 Å². The van der Waals surface area contributed by atoms with E-state index in [-0.39, 0.29) is 0 Å². The summed E-state index contributed by atoms with van der Waals surface area (Å²) in [6.07, 6.45) is 0. The van der Waals surface area contributed by atoms with Crippen LogP contribution in [0.1, 0.15) is 5.56 Å². The number of para-hydroxylation sites is 1. The normalized spacial score (nSPS) is 14.6. The first-order valence-corrected chi connectivity index (χ1v) is 4.20. The Kier molecular flexibility index (Phi) is 1.73. The van der Waals surface area contributed by atoms with Gasteiger partial charge in [-0.25, -0.2) is 0 Å². The molecule has 0 saturated carbocycles. The van der Waals surface area contributed by atoms with Crippen molar-refractivity contribution in [3.8, 4) is 5.75 Å². The Morgan fingerprint density at radius 2 is 2.33 bits per heavy atom. The molecule has 2 rings (SSSR count). The van der Waals surface area contributed by atoms with Crippen molar-refractivity contribution in [1.29, 1.82) is 0 Å². The second-order valence-corrected chi connectivity index (χ2v) is 3.28. The van der Waals surface area contributed by atoms with Crippen molar-refractivity contribution < 1.29 is 4.74 Å². The standard InChI is InChI=1S/C9H9NOS/c1-6-3-2-4-7-9(6)11-5-8(12)10-7/h2-4H,5H2,1H3,(H,10,12). The summed E-state index contributed by atoms with van der Waals surface area (Å²) in [5.74, 6) is 0.922. The summed E-state index contributed by atoms with van der Waals surface area (Å²) >= 11 is 4.99. The molecule has 1 heterocycles. The van der Waals surface area contributed by atoms with Gasteiger partial charge in [0.15, 0.2) is 0 Å². The number of benzene rings is 1. The fourth-order valence-electron chi connectivity index (χ4n) is 1.27. The van der Waals surface area contributed by atoms with E-state index in [4.69, 9.17) is 17.0 Å². The minimum atomic E-state index is 0.493. The zero-order valence-electron chi connectivity index (χ0n) is 6.76. The van der Waals surface area contributed by atoms with Crippen LogP contribution in [-0.2, 0) is 0 Å². The van der Waals surface area contributed by atoms with Gasteiger partial charge in [0, 0.05) is 0 Å². The molecule has 0 aromatic heterocycles. The fourth-order valence-corrected chi connectivity index (χ4v) is 1.44. The molecule has 1 aromatic carbocycles. The molecule has 0 spiro atoms. The van der Waals surface area contributed by atoms with Crippen LogP contribution in [0.25, 0.3) is 0 Å². The second-order valence-electron chi connectivity index (χ2n) is 2.79. The van der Waals surface area contributed by atoms with E-state index in [9.17, 15) is 0 Å². The van der Waals surface area contributed by atoms with E-state index in [1.54, 1.807) is 0 Å². The SMILES string of the molecule is Cc1cccc2c1OCC(=S)N2. The van der Waals surface area contributed by atoms with Crippen molar-refractivity contribution in [2.75, 3.05) is 11.9 Å². The molecule has 2 nitrogen and oxygen atoms in total. The Labute approximate surface area is 76.5 Å². The molecule has 0 aliphatic carbocycles. The number of thiocarbonyl (C=S) groups is 1. The van der Waals surface area contributed by atoms with Gasteiger partial charge >= 0.3 is 0 Å². The molecule has 0 bridgehead atoms. The number of ether oxygens (including phenoxy) is 1. The average molecular weight is 179 g/mol. The molecule has 1 N–H and O–H groups in total. The molecule has 1 aromatic rings. The van der Waals surface area contributed by atoms with E-state index >= 15 is 0 Å². The third kappa shape index (κ3) is 1.16. The molecule has 0 amide bonds. The van der Waals surface area contributed by atoms with E-state index in [0.29, 0.717) is 6.61 Å². The van der Waals surface area contributed by atoms with Crippen molar-refractivity contribution >= 4 is 22.9 Å². The predicted molar refractivity (Wildman–Crippen MR) is 52.9 cm³/mol. The summed E-state index contributed by atoms with van der Waals surface area (Å²) in [6, 6.07) is 5.97. The summed E-state index contributed by atoms with van der Waals surface area (Å²) < 4.78 is 5.46. The molecule has 1 aliphatic rings. The number of rotatable bonds is 0. The molecule has 0 atom stereocenters. The average Bonchev–Trinajstić information content (AvgIpc) is 2.04. The summed E-state index contributed by atoms with van der Waals surface area (Å²) in [5, 5.41) is 3.11. The smallest absolute Gasteiger partial charge is 0.146 e. The van der Waals surface area contributed by atoms with Crippen LogP contribution in [0.3, 0.4) is 0 Å². The summed E-state index contributed by atoms with van der Waals surface area (Å²) in [5.41, 5.74) is 2.12. The summed E-state index contributed by atoms with van der Waals surface area (Å²) in [4.78, 5) is 0.744. The Bertz CT molecular complexity index is 335. The van der Waals surface area contributed by atoms with Gasteiger partial charge in [-0.2, -0.15) is 0 Å². The van der Waals surface area contributed by atoms with E-state index in [1.165, 1.54) is 0 Å². The first-order chi connectivity index (χ1) is 5.77. The lowest BCUT2D eigenvalue weighted by atomic mass is 10.2. The summed E-state index contributed by atoms with van der Waals surface area (Å²) in [6.45, 7) is 2.52.